The van der Waals surface area contributed by atoms with Crippen LogP contribution in [0, 0.1) is 0 Å². The van der Waals surface area contributed by atoms with Gasteiger partial charge in [0.1, 0.15) is 0 Å². The molecule has 0 bridgehead atoms. The summed E-state index contributed by atoms with van der Waals surface area (Å²) in [6.45, 7) is 4.01. The van der Waals surface area contributed by atoms with Gasteiger partial charge in [-0.2, -0.15) is 0 Å². The minimum absolute atomic E-state index is 0.165. The van der Waals surface area contributed by atoms with E-state index in [1.807, 2.05) is 44.2 Å². The first kappa shape index (κ1) is 11.4. The highest BCUT2D eigenvalue weighted by Crippen LogP contribution is 2.27. The number of rotatable bonds is 3. The Bertz CT molecular complexity index is 390. The summed E-state index contributed by atoms with van der Waals surface area (Å²) in [5.74, 6) is 0.662. The number of methoxy groups -OCH3 is 1. The maximum Gasteiger partial charge on any atom is 0.161 e. The topological polar surface area (TPSA) is 29.5 Å². The Hall–Kier alpha value is -1.70. The average molecular weight is 204 g/mol. The predicted molar refractivity (Wildman–Crippen MR) is 63.1 cm³/mol. The van der Waals surface area contributed by atoms with Crippen LogP contribution in [0.15, 0.2) is 35.9 Å². The van der Waals surface area contributed by atoms with Crippen LogP contribution in [0.25, 0.3) is 6.08 Å². The van der Waals surface area contributed by atoms with Crippen LogP contribution in [0.2, 0.25) is 0 Å². The van der Waals surface area contributed by atoms with E-state index >= 15 is 0 Å². The summed E-state index contributed by atoms with van der Waals surface area (Å²) in [6, 6.07) is 5.29. The zero-order valence-corrected chi connectivity index (χ0v) is 9.32. The molecule has 0 unspecified atom stereocenters. The van der Waals surface area contributed by atoms with Crippen molar-refractivity contribution in [1.82, 2.24) is 0 Å². The first-order valence-corrected chi connectivity index (χ1v) is 4.85. The van der Waals surface area contributed by atoms with Crippen LogP contribution in [-0.2, 0) is 0 Å². The second kappa shape index (κ2) is 5.25. The van der Waals surface area contributed by atoms with Crippen LogP contribution in [0.4, 0.5) is 0 Å². The zero-order valence-electron chi connectivity index (χ0n) is 9.32. The Morgan fingerprint density at radius 1 is 1.40 bits per heavy atom. The Kier molecular flexibility index (Phi) is 3.98. The molecular formula is C13H16O2. The Morgan fingerprint density at radius 3 is 2.73 bits per heavy atom. The monoisotopic (exact) mass is 204 g/mol. The van der Waals surface area contributed by atoms with Gasteiger partial charge in [-0.3, -0.25) is 0 Å². The van der Waals surface area contributed by atoms with Gasteiger partial charge >= 0.3 is 0 Å². The molecule has 0 aliphatic heterocycles. The van der Waals surface area contributed by atoms with Crippen LogP contribution >= 0.6 is 0 Å². The maximum atomic E-state index is 9.41. The van der Waals surface area contributed by atoms with Crippen LogP contribution in [0.5, 0.6) is 11.5 Å². The number of ether oxygens (including phenoxy) is 1. The Balaban J connectivity index is 3.01. The third kappa shape index (κ3) is 3.17. The Labute approximate surface area is 90.5 Å². The highest BCUT2D eigenvalue weighted by atomic mass is 16.5. The minimum atomic E-state index is 0.165. The molecule has 0 aromatic heterocycles. The molecule has 0 aliphatic rings. The van der Waals surface area contributed by atoms with E-state index in [-0.39, 0.29) is 5.75 Å². The second-order valence-electron chi connectivity index (χ2n) is 3.32. The van der Waals surface area contributed by atoms with Crippen molar-refractivity contribution < 1.29 is 9.84 Å². The van der Waals surface area contributed by atoms with Gasteiger partial charge in [-0.05, 0) is 31.5 Å². The molecule has 2 heteroatoms. The summed E-state index contributed by atoms with van der Waals surface area (Å²) in [7, 11) is 1.54. The second-order valence-corrected chi connectivity index (χ2v) is 3.32. The molecule has 15 heavy (non-hydrogen) atoms. The van der Waals surface area contributed by atoms with Crippen molar-refractivity contribution in [2.75, 3.05) is 7.11 Å². The third-order valence-electron chi connectivity index (χ3n) is 2.03. The van der Waals surface area contributed by atoms with Crippen molar-refractivity contribution in [3.05, 3.63) is 41.5 Å². The van der Waals surface area contributed by atoms with Gasteiger partial charge in [0.15, 0.2) is 11.5 Å². The molecule has 0 fully saturated rings. The fourth-order valence-electron chi connectivity index (χ4n) is 1.36. The molecule has 1 aromatic rings. The maximum absolute atomic E-state index is 9.41. The molecule has 0 amide bonds. The molecule has 0 radical (unpaired) electrons. The molecule has 1 rings (SSSR count). The van der Waals surface area contributed by atoms with Gasteiger partial charge in [-0.15, -0.1) is 0 Å². The number of allylic oxidation sites excluding steroid dienone is 3. The predicted octanol–water partition coefficient (Wildman–Crippen LogP) is 3.38. The van der Waals surface area contributed by atoms with Crippen molar-refractivity contribution in [2.24, 2.45) is 0 Å². The number of phenolic OH excluding ortho intramolecular Hbond substituents is 1. The van der Waals surface area contributed by atoms with E-state index in [1.54, 1.807) is 13.2 Å². The van der Waals surface area contributed by atoms with E-state index in [0.29, 0.717) is 5.75 Å². The van der Waals surface area contributed by atoms with Crippen molar-refractivity contribution in [2.45, 2.75) is 13.8 Å². The number of hydrogen-bond donors (Lipinski definition) is 1. The number of phenols is 1. The van der Waals surface area contributed by atoms with Gasteiger partial charge in [0, 0.05) is 0 Å². The van der Waals surface area contributed by atoms with Crippen LogP contribution in [0.1, 0.15) is 19.4 Å². The van der Waals surface area contributed by atoms with Gasteiger partial charge in [0.05, 0.1) is 7.11 Å². The quantitative estimate of drug-likeness (QED) is 0.765. The molecule has 1 aromatic carbocycles. The third-order valence-corrected chi connectivity index (χ3v) is 2.03. The first-order chi connectivity index (χ1) is 7.17. The number of benzene rings is 1. The fourth-order valence-corrected chi connectivity index (χ4v) is 1.36. The summed E-state index contributed by atoms with van der Waals surface area (Å²) >= 11 is 0. The minimum Gasteiger partial charge on any atom is -0.504 e. The smallest absolute Gasteiger partial charge is 0.161 e. The molecular weight excluding hydrogens is 188 g/mol. The molecule has 0 saturated heterocycles. The molecule has 80 valence electrons. The standard InChI is InChI=1S/C13H16O2/c1-4-5-10(2)8-11-6-7-12(14)13(9-11)15-3/h4-9,14H,1-3H3/b5-4-,10-8+. The van der Waals surface area contributed by atoms with Crippen molar-refractivity contribution in [3.8, 4) is 11.5 Å². The van der Waals surface area contributed by atoms with Crippen LogP contribution < -0.4 is 4.74 Å². The largest absolute Gasteiger partial charge is 0.504 e. The fraction of sp³-hybridized carbons (Fsp3) is 0.231. The summed E-state index contributed by atoms with van der Waals surface area (Å²) < 4.78 is 5.03. The van der Waals surface area contributed by atoms with E-state index in [1.165, 1.54) is 0 Å². The zero-order chi connectivity index (χ0) is 11.3. The summed E-state index contributed by atoms with van der Waals surface area (Å²) in [5.41, 5.74) is 2.17. The van der Waals surface area contributed by atoms with Gasteiger partial charge in [0.25, 0.3) is 0 Å². The molecule has 0 atom stereocenters. The SMILES string of the molecule is C/C=C\C(C)=C\c1ccc(O)c(OC)c1. The lowest BCUT2D eigenvalue weighted by Crippen LogP contribution is -1.84. The first-order valence-electron chi connectivity index (χ1n) is 4.85. The summed E-state index contributed by atoms with van der Waals surface area (Å²) in [4.78, 5) is 0. The highest BCUT2D eigenvalue weighted by Gasteiger charge is 2.00. The van der Waals surface area contributed by atoms with E-state index in [2.05, 4.69) is 0 Å². The Morgan fingerprint density at radius 2 is 2.13 bits per heavy atom. The van der Waals surface area contributed by atoms with Gasteiger partial charge in [-0.1, -0.05) is 29.9 Å². The molecule has 1 N–H and O–H groups in total. The molecule has 2 nitrogen and oxygen atoms in total. The van der Waals surface area contributed by atoms with Gasteiger partial charge < -0.3 is 9.84 Å². The highest BCUT2D eigenvalue weighted by molar-refractivity contribution is 5.59. The van der Waals surface area contributed by atoms with Gasteiger partial charge in [-0.25, -0.2) is 0 Å². The van der Waals surface area contributed by atoms with Crippen molar-refractivity contribution >= 4 is 6.08 Å². The molecule has 0 spiro atoms. The van der Waals surface area contributed by atoms with Crippen LogP contribution in [-0.4, -0.2) is 12.2 Å². The van der Waals surface area contributed by atoms with Crippen molar-refractivity contribution in [3.63, 3.8) is 0 Å². The van der Waals surface area contributed by atoms with E-state index < -0.39 is 0 Å². The normalized spacial score (nSPS) is 12.1. The molecule has 0 aliphatic carbocycles. The average Bonchev–Trinajstić information content (AvgIpc) is 2.21. The molecule has 0 saturated carbocycles. The van der Waals surface area contributed by atoms with E-state index in [4.69, 9.17) is 4.74 Å². The lowest BCUT2D eigenvalue weighted by atomic mass is 10.1. The van der Waals surface area contributed by atoms with E-state index in [0.717, 1.165) is 11.1 Å². The summed E-state index contributed by atoms with van der Waals surface area (Å²) in [6.07, 6.45) is 6.05. The van der Waals surface area contributed by atoms with Crippen LogP contribution in [0.3, 0.4) is 0 Å². The van der Waals surface area contributed by atoms with Gasteiger partial charge in [0.2, 0.25) is 0 Å². The number of aromatic hydroxyl groups is 1. The lowest BCUT2D eigenvalue weighted by Gasteiger charge is -2.04. The number of hydrogen-bond acceptors (Lipinski definition) is 2. The molecule has 0 heterocycles. The summed E-state index contributed by atoms with van der Waals surface area (Å²) in [5, 5.41) is 9.41. The van der Waals surface area contributed by atoms with E-state index in [9.17, 15) is 5.11 Å². The van der Waals surface area contributed by atoms with Crippen molar-refractivity contribution in [1.29, 1.82) is 0 Å². The lowest BCUT2D eigenvalue weighted by molar-refractivity contribution is 0.373.